The molecule has 27 heavy (non-hydrogen) atoms. The molecule has 5 fully saturated rings. The zero-order valence-electron chi connectivity index (χ0n) is 16.2. The van der Waals surface area contributed by atoms with Crippen molar-refractivity contribution in [3.05, 3.63) is 34.9 Å². The molecule has 6 rings (SSSR count). The number of carbonyl (C=O) groups excluding carboxylic acids is 1. The molecule has 0 aromatic heterocycles. The van der Waals surface area contributed by atoms with Gasteiger partial charge in [-0.2, -0.15) is 0 Å². The highest BCUT2D eigenvalue weighted by Gasteiger charge is 2.61. The number of carbonyl (C=O) groups is 1. The molecule has 4 saturated carbocycles. The van der Waals surface area contributed by atoms with E-state index in [1.807, 2.05) is 17.0 Å². The van der Waals surface area contributed by atoms with Crippen molar-refractivity contribution >= 4 is 17.5 Å². The van der Waals surface area contributed by atoms with Gasteiger partial charge in [-0.3, -0.25) is 4.79 Å². The van der Waals surface area contributed by atoms with Crippen molar-refractivity contribution < 1.29 is 9.90 Å². The highest BCUT2D eigenvalue weighted by molar-refractivity contribution is 6.31. The molecule has 2 unspecified atom stereocenters. The number of β-amino-alcohol motifs (C(OH)–C–C–N with tert-alkyl or cyclic N) is 1. The van der Waals surface area contributed by atoms with Crippen LogP contribution in [0, 0.1) is 28.6 Å². The van der Waals surface area contributed by atoms with Crippen LogP contribution >= 0.6 is 11.6 Å². The first-order valence-electron chi connectivity index (χ1n) is 10.6. The third kappa shape index (κ3) is 2.93. The molecule has 3 nitrogen and oxygen atoms in total. The smallest absolute Gasteiger partial charge is 0.223 e. The number of nitrogens with zero attached hydrogens (tertiary/aromatic N) is 1. The van der Waals surface area contributed by atoms with Crippen LogP contribution in [0.15, 0.2) is 24.3 Å². The van der Waals surface area contributed by atoms with Gasteiger partial charge in [0, 0.05) is 24.5 Å². The van der Waals surface area contributed by atoms with E-state index in [1.165, 1.54) is 37.7 Å². The van der Waals surface area contributed by atoms with Gasteiger partial charge in [0.25, 0.3) is 0 Å². The number of hydrogen-bond acceptors (Lipinski definition) is 2. The summed E-state index contributed by atoms with van der Waals surface area (Å²) in [6.45, 7) is 3.50. The van der Waals surface area contributed by atoms with Crippen LogP contribution in [0.1, 0.15) is 51.0 Å². The Morgan fingerprint density at radius 1 is 1.19 bits per heavy atom. The van der Waals surface area contributed by atoms with E-state index < -0.39 is 0 Å². The molecular weight excluding hydrogens is 358 g/mol. The third-order valence-electron chi connectivity index (χ3n) is 8.29. The van der Waals surface area contributed by atoms with Gasteiger partial charge in [0.15, 0.2) is 0 Å². The summed E-state index contributed by atoms with van der Waals surface area (Å²) in [7, 11) is 0. The normalized spacial score (nSPS) is 40.3. The fraction of sp³-hybridized carbons (Fsp3) is 0.696. The van der Waals surface area contributed by atoms with E-state index in [4.69, 9.17) is 11.6 Å². The maximum Gasteiger partial charge on any atom is 0.223 e. The molecule has 4 heteroatoms. The molecule has 146 valence electrons. The van der Waals surface area contributed by atoms with Crippen LogP contribution in [0.4, 0.5) is 0 Å². The number of rotatable bonds is 4. The SMILES string of the molecule is C[C@]12CC3CC(C1)[C@](CC(=O)N1CC(O)C1)(Cc1ccccc1Cl)C(C3)C2. The second kappa shape index (κ2) is 6.22. The first-order chi connectivity index (χ1) is 12.9. The fourth-order valence-corrected chi connectivity index (χ4v) is 7.47. The van der Waals surface area contributed by atoms with Crippen molar-refractivity contribution in [2.45, 2.75) is 58.0 Å². The quantitative estimate of drug-likeness (QED) is 0.836. The Bertz CT molecular complexity index is 741. The summed E-state index contributed by atoms with van der Waals surface area (Å²) < 4.78 is 0. The van der Waals surface area contributed by atoms with Crippen molar-refractivity contribution in [1.82, 2.24) is 4.90 Å². The van der Waals surface area contributed by atoms with Gasteiger partial charge in [-0.15, -0.1) is 0 Å². The molecule has 1 aromatic rings. The van der Waals surface area contributed by atoms with Crippen LogP contribution < -0.4 is 0 Å². The van der Waals surface area contributed by atoms with Crippen molar-refractivity contribution in [3.63, 3.8) is 0 Å². The standard InChI is InChI=1S/C23H30ClNO2/c1-22-8-15-6-17(10-22)23(18(7-15)11-22,9-16-4-2-3-5-20(16)24)12-21(27)25-13-19(26)14-25/h2-5,15,17-19,26H,6-14H2,1H3/t15?,17?,18?,22-,23+. The van der Waals surface area contributed by atoms with Crippen LogP contribution in [0.3, 0.4) is 0 Å². The predicted molar refractivity (Wildman–Crippen MR) is 106 cm³/mol. The second-order valence-electron chi connectivity index (χ2n) is 10.3. The average molecular weight is 388 g/mol. The fourth-order valence-electron chi connectivity index (χ4n) is 7.27. The van der Waals surface area contributed by atoms with Gasteiger partial charge in [-0.25, -0.2) is 0 Å². The Morgan fingerprint density at radius 2 is 1.85 bits per heavy atom. The zero-order valence-corrected chi connectivity index (χ0v) is 16.9. The number of amides is 1. The van der Waals surface area contributed by atoms with Gasteiger partial charge in [-0.1, -0.05) is 36.7 Å². The van der Waals surface area contributed by atoms with E-state index in [0.29, 0.717) is 36.8 Å². The third-order valence-corrected chi connectivity index (χ3v) is 8.66. The van der Waals surface area contributed by atoms with Crippen LogP contribution in [0.25, 0.3) is 0 Å². The first kappa shape index (κ1) is 18.0. The Balaban J connectivity index is 1.48. The van der Waals surface area contributed by atoms with E-state index >= 15 is 0 Å². The minimum absolute atomic E-state index is 0.0407. The van der Waals surface area contributed by atoms with Crippen LogP contribution in [-0.4, -0.2) is 35.1 Å². The lowest BCUT2D eigenvalue weighted by atomic mass is 9.40. The highest BCUT2D eigenvalue weighted by Crippen LogP contribution is 2.68. The largest absolute Gasteiger partial charge is 0.389 e. The molecule has 1 saturated heterocycles. The van der Waals surface area contributed by atoms with E-state index in [9.17, 15) is 9.90 Å². The minimum atomic E-state index is -0.328. The number of likely N-dealkylation sites (tertiary alicyclic amines) is 1. The van der Waals surface area contributed by atoms with Gasteiger partial charge >= 0.3 is 0 Å². The first-order valence-corrected chi connectivity index (χ1v) is 10.9. The molecule has 1 amide bonds. The summed E-state index contributed by atoms with van der Waals surface area (Å²) >= 11 is 6.56. The number of hydrogen-bond donors (Lipinski definition) is 1. The zero-order chi connectivity index (χ0) is 18.8. The van der Waals surface area contributed by atoms with Crippen LogP contribution in [0.2, 0.25) is 5.02 Å². The molecular formula is C23H30ClNO2. The molecule has 4 bridgehead atoms. The molecule has 2 atom stereocenters. The number of halogens is 1. The Morgan fingerprint density at radius 3 is 2.44 bits per heavy atom. The maximum atomic E-state index is 13.1. The van der Waals surface area contributed by atoms with Gasteiger partial charge < -0.3 is 10.0 Å². The number of benzene rings is 1. The molecule has 0 radical (unpaired) electrons. The number of aliphatic hydroxyl groups is 1. The summed E-state index contributed by atoms with van der Waals surface area (Å²) in [4.78, 5) is 15.0. The molecule has 1 N–H and O–H groups in total. The van der Waals surface area contributed by atoms with Gasteiger partial charge in [0.1, 0.15) is 0 Å². The van der Waals surface area contributed by atoms with E-state index in [1.54, 1.807) is 0 Å². The van der Waals surface area contributed by atoms with Crippen molar-refractivity contribution in [3.8, 4) is 0 Å². The van der Waals surface area contributed by atoms with Crippen LogP contribution in [0.5, 0.6) is 0 Å². The topological polar surface area (TPSA) is 40.5 Å². The molecule has 1 heterocycles. The lowest BCUT2D eigenvalue weighted by Gasteiger charge is -2.65. The molecule has 1 aliphatic heterocycles. The van der Waals surface area contributed by atoms with E-state index in [-0.39, 0.29) is 17.4 Å². The van der Waals surface area contributed by atoms with E-state index in [2.05, 4.69) is 19.1 Å². The number of aliphatic hydroxyl groups excluding tert-OH is 1. The lowest BCUT2D eigenvalue weighted by molar-refractivity contribution is -0.169. The van der Waals surface area contributed by atoms with Crippen molar-refractivity contribution in [1.29, 1.82) is 0 Å². The molecule has 4 aliphatic carbocycles. The Kier molecular flexibility index (Phi) is 4.15. The summed E-state index contributed by atoms with van der Waals surface area (Å²) in [5.41, 5.74) is 1.73. The van der Waals surface area contributed by atoms with Crippen molar-refractivity contribution in [2.24, 2.45) is 28.6 Å². The van der Waals surface area contributed by atoms with Gasteiger partial charge in [0.2, 0.25) is 5.91 Å². The Hall–Kier alpha value is -1.06. The van der Waals surface area contributed by atoms with Gasteiger partial charge in [0.05, 0.1) is 6.10 Å². The molecule has 1 aromatic carbocycles. The molecule has 5 aliphatic rings. The Labute approximate surface area is 167 Å². The minimum Gasteiger partial charge on any atom is -0.389 e. The monoisotopic (exact) mass is 387 g/mol. The maximum absolute atomic E-state index is 13.1. The summed E-state index contributed by atoms with van der Waals surface area (Å²) in [5, 5.41) is 10.5. The summed E-state index contributed by atoms with van der Waals surface area (Å²) in [5.74, 6) is 2.35. The highest BCUT2D eigenvalue weighted by atomic mass is 35.5. The summed E-state index contributed by atoms with van der Waals surface area (Å²) in [6.07, 6.45) is 7.70. The second-order valence-corrected chi connectivity index (χ2v) is 10.7. The lowest BCUT2D eigenvalue weighted by Crippen LogP contribution is -2.60. The van der Waals surface area contributed by atoms with E-state index in [0.717, 1.165) is 17.4 Å². The average Bonchev–Trinajstić information content (AvgIpc) is 2.57. The van der Waals surface area contributed by atoms with Crippen LogP contribution in [-0.2, 0) is 11.2 Å². The van der Waals surface area contributed by atoms with Crippen molar-refractivity contribution in [2.75, 3.05) is 13.1 Å². The summed E-state index contributed by atoms with van der Waals surface area (Å²) in [6, 6.07) is 8.19. The molecule has 0 spiro atoms. The predicted octanol–water partition coefficient (Wildman–Crippen LogP) is 4.31. The van der Waals surface area contributed by atoms with Gasteiger partial charge in [-0.05, 0) is 78.7 Å².